The summed E-state index contributed by atoms with van der Waals surface area (Å²) >= 11 is 0. The Kier molecular flexibility index (Phi) is 6.37. The fourth-order valence-electron chi connectivity index (χ4n) is 3.52. The van der Waals surface area contributed by atoms with Crippen LogP contribution in [0.1, 0.15) is 42.7 Å². The van der Waals surface area contributed by atoms with Gasteiger partial charge in [-0.15, -0.1) is 0 Å². The van der Waals surface area contributed by atoms with Crippen molar-refractivity contribution in [2.75, 3.05) is 5.32 Å². The maximum atomic E-state index is 13.2. The van der Waals surface area contributed by atoms with Crippen molar-refractivity contribution in [1.82, 2.24) is 14.8 Å². The van der Waals surface area contributed by atoms with Crippen LogP contribution in [0.25, 0.3) is 22.3 Å². The third kappa shape index (κ3) is 4.50. The van der Waals surface area contributed by atoms with E-state index in [1.165, 1.54) is 6.92 Å². The Balaban J connectivity index is 1.65. The van der Waals surface area contributed by atoms with Crippen molar-refractivity contribution in [3.63, 3.8) is 0 Å². The number of nitrogens with one attached hydrogen (secondary N) is 1. The number of carbonyl (C=O) groups is 2. The maximum Gasteiger partial charge on any atom is 0.339 e. The molecular weight excluding hydrogens is 430 g/mol. The van der Waals surface area contributed by atoms with Gasteiger partial charge in [-0.3, -0.25) is 4.79 Å². The third-order valence-electron chi connectivity index (χ3n) is 5.30. The summed E-state index contributed by atoms with van der Waals surface area (Å²) in [6.45, 7) is 5.44. The van der Waals surface area contributed by atoms with E-state index >= 15 is 0 Å². The van der Waals surface area contributed by atoms with Crippen LogP contribution in [0.15, 0.2) is 66.9 Å². The van der Waals surface area contributed by atoms with Crippen LogP contribution in [0.4, 0.5) is 5.69 Å². The Hall–Kier alpha value is -4.51. The van der Waals surface area contributed by atoms with E-state index in [4.69, 9.17) is 9.72 Å². The van der Waals surface area contributed by atoms with Crippen LogP contribution in [0.5, 0.6) is 0 Å². The summed E-state index contributed by atoms with van der Waals surface area (Å²) in [7, 11) is 0. The lowest BCUT2D eigenvalue weighted by atomic mass is 10.1. The molecule has 0 radical (unpaired) electrons. The SMILES string of the molecule is CC(OC(=O)c1cc(-c2ccccc2)nc2c1cnn2C(C)C)C(=O)Nc1ccccc1C#N. The minimum Gasteiger partial charge on any atom is -0.449 e. The number of ether oxygens (including phenoxy) is 1. The number of nitrogens with zero attached hydrogens (tertiary/aromatic N) is 4. The molecule has 4 aromatic rings. The molecule has 0 saturated carbocycles. The summed E-state index contributed by atoms with van der Waals surface area (Å²) in [6.07, 6.45) is 0.490. The first-order chi connectivity index (χ1) is 16.4. The largest absolute Gasteiger partial charge is 0.449 e. The Morgan fingerprint density at radius 1 is 1.06 bits per heavy atom. The van der Waals surface area contributed by atoms with E-state index in [1.54, 1.807) is 41.2 Å². The van der Waals surface area contributed by atoms with Crippen LogP contribution in [0.3, 0.4) is 0 Å². The van der Waals surface area contributed by atoms with Gasteiger partial charge >= 0.3 is 5.97 Å². The number of para-hydroxylation sites is 1. The van der Waals surface area contributed by atoms with Gasteiger partial charge in [0.15, 0.2) is 11.8 Å². The maximum absolute atomic E-state index is 13.2. The fraction of sp³-hybridized carbons (Fsp3) is 0.192. The molecule has 8 heteroatoms. The zero-order chi connectivity index (χ0) is 24.2. The molecule has 1 amide bonds. The minimum atomic E-state index is -1.09. The van der Waals surface area contributed by atoms with Crippen molar-refractivity contribution in [1.29, 1.82) is 5.26 Å². The summed E-state index contributed by atoms with van der Waals surface area (Å²) in [5.41, 5.74) is 2.94. The quantitative estimate of drug-likeness (QED) is 0.423. The monoisotopic (exact) mass is 453 g/mol. The zero-order valence-electron chi connectivity index (χ0n) is 19.0. The van der Waals surface area contributed by atoms with Crippen LogP contribution in [0, 0.1) is 11.3 Å². The van der Waals surface area contributed by atoms with Gasteiger partial charge in [0.25, 0.3) is 5.91 Å². The Morgan fingerprint density at radius 2 is 1.76 bits per heavy atom. The summed E-state index contributed by atoms with van der Waals surface area (Å²) in [6, 6.07) is 19.8. The Labute approximate surface area is 196 Å². The number of hydrogen-bond acceptors (Lipinski definition) is 6. The summed E-state index contributed by atoms with van der Waals surface area (Å²) in [5, 5.41) is 16.8. The van der Waals surface area contributed by atoms with E-state index in [0.29, 0.717) is 28.0 Å². The molecule has 8 nitrogen and oxygen atoms in total. The molecule has 2 aromatic carbocycles. The average Bonchev–Trinajstić information content (AvgIpc) is 3.28. The van der Waals surface area contributed by atoms with Gasteiger partial charge in [0.2, 0.25) is 0 Å². The van der Waals surface area contributed by atoms with Crippen LogP contribution in [-0.4, -0.2) is 32.7 Å². The highest BCUT2D eigenvalue weighted by atomic mass is 16.5. The average molecular weight is 454 g/mol. The number of pyridine rings is 1. The first kappa shape index (κ1) is 22.7. The molecule has 2 aromatic heterocycles. The highest BCUT2D eigenvalue weighted by Crippen LogP contribution is 2.27. The molecular formula is C26H23N5O3. The first-order valence-electron chi connectivity index (χ1n) is 10.8. The van der Waals surface area contributed by atoms with Crippen molar-refractivity contribution >= 4 is 28.6 Å². The number of benzene rings is 2. The van der Waals surface area contributed by atoms with Crippen molar-refractivity contribution in [2.45, 2.75) is 32.9 Å². The van der Waals surface area contributed by atoms with E-state index < -0.39 is 18.0 Å². The Morgan fingerprint density at radius 3 is 2.47 bits per heavy atom. The molecule has 4 rings (SSSR count). The third-order valence-corrected chi connectivity index (χ3v) is 5.30. The van der Waals surface area contributed by atoms with Gasteiger partial charge in [0.05, 0.1) is 34.1 Å². The van der Waals surface area contributed by atoms with Crippen molar-refractivity contribution in [3.05, 3.63) is 78.0 Å². The van der Waals surface area contributed by atoms with E-state index in [2.05, 4.69) is 10.4 Å². The molecule has 170 valence electrons. The van der Waals surface area contributed by atoms with Gasteiger partial charge in [-0.25, -0.2) is 14.5 Å². The van der Waals surface area contributed by atoms with E-state index in [0.717, 1.165) is 5.56 Å². The summed E-state index contributed by atoms with van der Waals surface area (Å²) in [5.74, 6) is -1.20. The number of carbonyl (C=O) groups excluding carboxylic acids is 2. The van der Waals surface area contributed by atoms with Gasteiger partial charge < -0.3 is 10.1 Å². The van der Waals surface area contributed by atoms with Gasteiger partial charge in [0, 0.05) is 11.6 Å². The number of aromatic nitrogens is 3. The molecule has 0 aliphatic heterocycles. The van der Waals surface area contributed by atoms with Crippen LogP contribution < -0.4 is 5.32 Å². The molecule has 1 unspecified atom stereocenters. The predicted molar refractivity (Wildman–Crippen MR) is 128 cm³/mol. The lowest BCUT2D eigenvalue weighted by Crippen LogP contribution is -2.30. The molecule has 0 bridgehead atoms. The number of fused-ring (bicyclic) bond motifs is 1. The molecule has 0 aliphatic rings. The van der Waals surface area contributed by atoms with Gasteiger partial charge in [0.1, 0.15) is 6.07 Å². The summed E-state index contributed by atoms with van der Waals surface area (Å²) < 4.78 is 7.26. The number of hydrogen-bond donors (Lipinski definition) is 1. The number of esters is 1. The van der Waals surface area contributed by atoms with Gasteiger partial charge in [-0.1, -0.05) is 42.5 Å². The zero-order valence-corrected chi connectivity index (χ0v) is 19.0. The van der Waals surface area contributed by atoms with Gasteiger partial charge in [-0.2, -0.15) is 10.4 Å². The molecule has 1 atom stereocenters. The van der Waals surface area contributed by atoms with Crippen molar-refractivity contribution in [2.24, 2.45) is 0 Å². The van der Waals surface area contributed by atoms with Crippen molar-refractivity contribution < 1.29 is 14.3 Å². The number of amides is 1. The standard InChI is InChI=1S/C26H23N5O3/c1-16(2)31-24-21(15-28-31)20(13-23(29-24)18-9-5-4-6-10-18)26(33)34-17(3)25(32)30-22-12-8-7-11-19(22)14-27/h4-13,15-17H,1-3H3,(H,30,32). The second-order valence-corrected chi connectivity index (χ2v) is 8.04. The number of anilines is 1. The second-order valence-electron chi connectivity index (χ2n) is 8.04. The lowest BCUT2D eigenvalue weighted by molar-refractivity contribution is -0.123. The Bertz CT molecular complexity index is 1400. The predicted octanol–water partition coefficient (Wildman–Crippen LogP) is 4.73. The minimum absolute atomic E-state index is 0.0322. The topological polar surface area (TPSA) is 110 Å². The second kappa shape index (κ2) is 9.55. The number of nitriles is 1. The number of rotatable bonds is 6. The molecule has 0 spiro atoms. The first-order valence-corrected chi connectivity index (χ1v) is 10.8. The van der Waals surface area contributed by atoms with E-state index in [9.17, 15) is 14.9 Å². The van der Waals surface area contributed by atoms with E-state index in [-0.39, 0.29) is 11.6 Å². The van der Waals surface area contributed by atoms with Crippen LogP contribution in [-0.2, 0) is 9.53 Å². The molecule has 1 N–H and O–H groups in total. The highest BCUT2D eigenvalue weighted by molar-refractivity contribution is 6.05. The van der Waals surface area contributed by atoms with Gasteiger partial charge in [-0.05, 0) is 39.0 Å². The molecule has 34 heavy (non-hydrogen) atoms. The van der Waals surface area contributed by atoms with Crippen LogP contribution in [0.2, 0.25) is 0 Å². The molecule has 0 fully saturated rings. The molecule has 0 saturated heterocycles. The fourth-order valence-corrected chi connectivity index (χ4v) is 3.52. The van der Waals surface area contributed by atoms with Crippen molar-refractivity contribution in [3.8, 4) is 17.3 Å². The molecule has 2 heterocycles. The smallest absolute Gasteiger partial charge is 0.339 e. The lowest BCUT2D eigenvalue weighted by Gasteiger charge is -2.15. The summed E-state index contributed by atoms with van der Waals surface area (Å²) in [4.78, 5) is 30.6. The van der Waals surface area contributed by atoms with E-state index in [1.807, 2.05) is 50.2 Å². The van der Waals surface area contributed by atoms with Crippen LogP contribution >= 0.6 is 0 Å². The molecule has 0 aliphatic carbocycles. The highest BCUT2D eigenvalue weighted by Gasteiger charge is 2.24. The normalized spacial score (nSPS) is 11.7.